The Morgan fingerprint density at radius 2 is 2.09 bits per heavy atom. The molecule has 118 valence electrons. The second kappa shape index (κ2) is 5.45. The summed E-state index contributed by atoms with van der Waals surface area (Å²) in [7, 11) is -0.926. The number of nitrogens with one attached hydrogen (secondary N) is 1. The summed E-state index contributed by atoms with van der Waals surface area (Å²) in [6, 6.07) is 2.56. The monoisotopic (exact) mass is 342 g/mol. The van der Waals surface area contributed by atoms with Gasteiger partial charge < -0.3 is 4.42 Å². The smallest absolute Gasteiger partial charge is 0.293 e. The molecule has 1 aliphatic carbocycles. The first-order valence-corrected chi connectivity index (χ1v) is 8.80. The van der Waals surface area contributed by atoms with Crippen LogP contribution in [0.3, 0.4) is 0 Å². The van der Waals surface area contributed by atoms with Crippen molar-refractivity contribution in [2.24, 2.45) is 0 Å². The molecule has 0 aliphatic heterocycles. The molecule has 1 aliphatic rings. The minimum atomic E-state index is -3.70. The first-order chi connectivity index (χ1) is 10.4. The third-order valence-electron chi connectivity index (χ3n) is 3.13. The molecule has 8 nitrogen and oxygen atoms in total. The molecule has 0 bridgehead atoms. The third kappa shape index (κ3) is 2.89. The molecular formula is C12H14N4O4S2. The Morgan fingerprint density at radius 3 is 2.73 bits per heavy atom. The van der Waals surface area contributed by atoms with E-state index < -0.39 is 15.9 Å². The summed E-state index contributed by atoms with van der Waals surface area (Å²) in [4.78, 5) is 12.0. The van der Waals surface area contributed by atoms with Gasteiger partial charge in [-0.05, 0) is 25.0 Å². The van der Waals surface area contributed by atoms with Crippen molar-refractivity contribution in [3.8, 4) is 0 Å². The van der Waals surface area contributed by atoms with Crippen LogP contribution in [0.1, 0.15) is 34.3 Å². The fraction of sp³-hybridized carbons (Fsp3) is 0.417. The number of aromatic nitrogens is 2. The predicted molar refractivity (Wildman–Crippen MR) is 79.4 cm³/mol. The van der Waals surface area contributed by atoms with E-state index in [0.717, 1.165) is 22.2 Å². The average Bonchev–Trinajstić information content (AvgIpc) is 3.01. The number of hydrogen-bond donors (Lipinski definition) is 1. The first-order valence-electron chi connectivity index (χ1n) is 6.55. The standard InChI is InChI=1S/C12H14N4O4S2/c1-16(2)22(18,19)9-6-5-8(20-9)10(17)13-12-15-14-11(21-12)7-3-4-7/h5-7H,3-4H2,1-2H3,(H,13,15,17). The average molecular weight is 342 g/mol. The van der Waals surface area contributed by atoms with Gasteiger partial charge in [-0.2, -0.15) is 0 Å². The van der Waals surface area contributed by atoms with E-state index in [2.05, 4.69) is 15.5 Å². The molecule has 3 rings (SSSR count). The van der Waals surface area contributed by atoms with Gasteiger partial charge in [0.25, 0.3) is 15.9 Å². The van der Waals surface area contributed by atoms with Gasteiger partial charge in [-0.1, -0.05) is 11.3 Å². The van der Waals surface area contributed by atoms with Crippen LogP contribution in [-0.2, 0) is 10.0 Å². The second-order valence-electron chi connectivity index (χ2n) is 5.08. The molecule has 0 radical (unpaired) electrons. The number of nitrogens with zero attached hydrogens (tertiary/aromatic N) is 3. The van der Waals surface area contributed by atoms with Gasteiger partial charge in [0.15, 0.2) is 5.76 Å². The molecule has 10 heteroatoms. The van der Waals surface area contributed by atoms with Crippen molar-refractivity contribution in [2.75, 3.05) is 19.4 Å². The molecule has 1 saturated carbocycles. The molecule has 1 amide bonds. The predicted octanol–water partition coefficient (Wildman–Crippen LogP) is 1.51. The molecule has 1 fully saturated rings. The van der Waals surface area contributed by atoms with Crippen molar-refractivity contribution in [2.45, 2.75) is 23.9 Å². The van der Waals surface area contributed by atoms with Gasteiger partial charge in [-0.3, -0.25) is 10.1 Å². The third-order valence-corrected chi connectivity index (χ3v) is 5.82. The van der Waals surface area contributed by atoms with E-state index in [0.29, 0.717) is 11.0 Å². The number of carbonyl (C=O) groups is 1. The Morgan fingerprint density at radius 1 is 1.36 bits per heavy atom. The van der Waals surface area contributed by atoms with Crippen molar-refractivity contribution in [3.05, 3.63) is 22.9 Å². The van der Waals surface area contributed by atoms with E-state index in [1.165, 1.54) is 37.6 Å². The van der Waals surface area contributed by atoms with Crippen LogP contribution in [-0.4, -0.2) is 42.9 Å². The van der Waals surface area contributed by atoms with Crippen molar-refractivity contribution >= 4 is 32.4 Å². The van der Waals surface area contributed by atoms with Gasteiger partial charge >= 0.3 is 0 Å². The summed E-state index contributed by atoms with van der Waals surface area (Å²) in [5.41, 5.74) is 0. The Balaban J connectivity index is 1.73. The molecule has 0 spiro atoms. The second-order valence-corrected chi connectivity index (χ2v) is 8.17. The molecule has 0 unspecified atom stereocenters. The van der Waals surface area contributed by atoms with Crippen LogP contribution in [0.25, 0.3) is 0 Å². The van der Waals surface area contributed by atoms with Crippen LogP contribution in [0, 0.1) is 0 Å². The van der Waals surface area contributed by atoms with Gasteiger partial charge in [0, 0.05) is 20.0 Å². The topological polar surface area (TPSA) is 105 Å². The zero-order chi connectivity index (χ0) is 15.9. The molecule has 2 aromatic heterocycles. The first kappa shape index (κ1) is 15.1. The normalized spacial score (nSPS) is 15.2. The fourth-order valence-electron chi connectivity index (χ4n) is 1.70. The van der Waals surface area contributed by atoms with Crippen LogP contribution in [0.15, 0.2) is 21.6 Å². The molecule has 1 N–H and O–H groups in total. The fourth-order valence-corrected chi connectivity index (χ4v) is 3.40. The maximum atomic E-state index is 12.0. The van der Waals surface area contributed by atoms with Gasteiger partial charge in [-0.15, -0.1) is 10.2 Å². The highest BCUT2D eigenvalue weighted by molar-refractivity contribution is 7.88. The summed E-state index contributed by atoms with van der Waals surface area (Å²) in [5.74, 6) is -0.189. The van der Waals surface area contributed by atoms with E-state index in [1.54, 1.807) is 0 Å². The number of amides is 1. The number of carbonyl (C=O) groups excluding carboxylic acids is 1. The zero-order valence-corrected chi connectivity index (χ0v) is 13.6. The van der Waals surface area contributed by atoms with Gasteiger partial charge in [-0.25, -0.2) is 12.7 Å². The maximum Gasteiger partial charge on any atom is 0.293 e. The Labute approximate surface area is 131 Å². The summed E-state index contributed by atoms with van der Waals surface area (Å²) in [6.07, 6.45) is 2.21. The van der Waals surface area contributed by atoms with Crippen LogP contribution in [0.4, 0.5) is 5.13 Å². The molecule has 2 heterocycles. The van der Waals surface area contributed by atoms with E-state index >= 15 is 0 Å². The molecular weight excluding hydrogens is 328 g/mol. The largest absolute Gasteiger partial charge is 0.438 e. The summed E-state index contributed by atoms with van der Waals surface area (Å²) in [6.45, 7) is 0. The van der Waals surface area contributed by atoms with Crippen molar-refractivity contribution in [1.29, 1.82) is 0 Å². The highest BCUT2D eigenvalue weighted by Gasteiger charge is 2.28. The molecule has 0 atom stereocenters. The van der Waals surface area contributed by atoms with Crippen molar-refractivity contribution in [3.63, 3.8) is 0 Å². The Kier molecular flexibility index (Phi) is 3.75. The Hall–Kier alpha value is -1.78. The van der Waals surface area contributed by atoms with Gasteiger partial charge in [0.05, 0.1) is 0 Å². The summed E-state index contributed by atoms with van der Waals surface area (Å²) in [5, 5.41) is 11.5. The van der Waals surface area contributed by atoms with E-state index in [1.807, 2.05) is 0 Å². The lowest BCUT2D eigenvalue weighted by Crippen LogP contribution is -2.21. The minimum Gasteiger partial charge on any atom is -0.438 e. The lowest BCUT2D eigenvalue weighted by atomic mass is 10.4. The van der Waals surface area contributed by atoms with Crippen LogP contribution in [0.5, 0.6) is 0 Å². The van der Waals surface area contributed by atoms with Crippen LogP contribution >= 0.6 is 11.3 Å². The molecule has 0 saturated heterocycles. The van der Waals surface area contributed by atoms with Crippen LogP contribution < -0.4 is 5.32 Å². The Bertz CT molecular complexity index is 805. The summed E-state index contributed by atoms with van der Waals surface area (Å²) >= 11 is 1.32. The lowest BCUT2D eigenvalue weighted by Gasteiger charge is -2.07. The summed E-state index contributed by atoms with van der Waals surface area (Å²) < 4.78 is 29.9. The van der Waals surface area contributed by atoms with Gasteiger partial charge in [0.2, 0.25) is 10.2 Å². The molecule has 22 heavy (non-hydrogen) atoms. The molecule has 0 aromatic carbocycles. The highest BCUT2D eigenvalue weighted by Crippen LogP contribution is 2.42. The van der Waals surface area contributed by atoms with E-state index in [-0.39, 0.29) is 10.9 Å². The lowest BCUT2D eigenvalue weighted by molar-refractivity contribution is 0.0991. The number of furan rings is 1. The maximum absolute atomic E-state index is 12.0. The minimum absolute atomic E-state index is 0.0939. The number of sulfonamides is 1. The van der Waals surface area contributed by atoms with Crippen molar-refractivity contribution < 1.29 is 17.6 Å². The SMILES string of the molecule is CN(C)S(=O)(=O)c1ccc(C(=O)Nc2nnc(C3CC3)s2)o1. The van der Waals surface area contributed by atoms with Crippen molar-refractivity contribution in [1.82, 2.24) is 14.5 Å². The van der Waals surface area contributed by atoms with Gasteiger partial charge in [0.1, 0.15) is 5.01 Å². The molecule has 2 aromatic rings. The number of hydrogen-bond acceptors (Lipinski definition) is 7. The zero-order valence-electron chi connectivity index (χ0n) is 11.9. The number of rotatable bonds is 5. The quantitative estimate of drug-likeness (QED) is 0.883. The highest BCUT2D eigenvalue weighted by atomic mass is 32.2. The van der Waals surface area contributed by atoms with E-state index in [4.69, 9.17) is 4.42 Å². The van der Waals surface area contributed by atoms with Crippen LogP contribution in [0.2, 0.25) is 0 Å². The van der Waals surface area contributed by atoms with E-state index in [9.17, 15) is 13.2 Å². The number of anilines is 1.